The Hall–Kier alpha value is -1.03. The third-order valence-corrected chi connectivity index (χ3v) is 4.36. The molecule has 0 spiro atoms. The van der Waals surface area contributed by atoms with E-state index in [9.17, 15) is 18.3 Å². The molecule has 0 unspecified atom stereocenters. The highest BCUT2D eigenvalue weighted by Crippen LogP contribution is 2.45. The zero-order valence-corrected chi connectivity index (χ0v) is 11.7. The van der Waals surface area contributed by atoms with Crippen LogP contribution in [0.1, 0.15) is 56.6 Å². The summed E-state index contributed by atoms with van der Waals surface area (Å²) >= 11 is 0. The molecule has 0 aliphatic heterocycles. The normalized spacial score (nSPS) is 27.6. The Balaban J connectivity index is 2.24. The maximum atomic E-state index is 13.1. The fourth-order valence-electron chi connectivity index (χ4n) is 3.26. The Morgan fingerprint density at radius 2 is 1.80 bits per heavy atom. The van der Waals surface area contributed by atoms with E-state index in [1.807, 2.05) is 0 Å². The molecule has 1 saturated carbocycles. The van der Waals surface area contributed by atoms with Crippen LogP contribution in [-0.4, -0.2) is 5.11 Å². The number of aliphatic hydroxyl groups is 1. The smallest absolute Gasteiger partial charge is 0.385 e. The molecule has 0 saturated heterocycles. The monoisotopic (exact) mass is 286 g/mol. The van der Waals surface area contributed by atoms with Gasteiger partial charge in [0.05, 0.1) is 11.2 Å². The van der Waals surface area contributed by atoms with E-state index in [-0.39, 0.29) is 5.56 Å². The molecule has 1 aliphatic rings. The summed E-state index contributed by atoms with van der Waals surface area (Å²) in [6, 6.07) is 5.42. The maximum Gasteiger partial charge on any atom is 0.416 e. The van der Waals surface area contributed by atoms with E-state index in [1.54, 1.807) is 6.07 Å². The highest BCUT2D eigenvalue weighted by atomic mass is 19.4. The van der Waals surface area contributed by atoms with Crippen LogP contribution >= 0.6 is 0 Å². The lowest BCUT2D eigenvalue weighted by Gasteiger charge is -2.37. The Bertz CT molecular complexity index is 445. The van der Waals surface area contributed by atoms with Gasteiger partial charge in [-0.1, -0.05) is 38.0 Å². The predicted molar refractivity (Wildman–Crippen MR) is 72.2 cm³/mol. The fourth-order valence-corrected chi connectivity index (χ4v) is 3.26. The van der Waals surface area contributed by atoms with Gasteiger partial charge in [0.15, 0.2) is 0 Å². The average molecular weight is 286 g/mol. The molecule has 0 heterocycles. The Morgan fingerprint density at radius 3 is 2.35 bits per heavy atom. The van der Waals surface area contributed by atoms with Crippen molar-refractivity contribution in [1.29, 1.82) is 0 Å². The Labute approximate surface area is 117 Å². The number of alkyl halides is 3. The van der Waals surface area contributed by atoms with Gasteiger partial charge in [-0.15, -0.1) is 0 Å². The van der Waals surface area contributed by atoms with E-state index >= 15 is 0 Å². The predicted octanol–water partition coefficient (Wildman–Crippen LogP) is 4.88. The summed E-state index contributed by atoms with van der Waals surface area (Å²) in [5.74, 6) is 0.540. The fraction of sp³-hybridized carbons (Fsp3) is 0.625. The number of benzene rings is 1. The van der Waals surface area contributed by atoms with Gasteiger partial charge in [0.2, 0.25) is 0 Å². The minimum absolute atomic E-state index is 0.0439. The summed E-state index contributed by atoms with van der Waals surface area (Å²) in [6.07, 6.45) is 0.217. The first-order valence-corrected chi connectivity index (χ1v) is 7.26. The van der Waals surface area contributed by atoms with Gasteiger partial charge >= 0.3 is 6.18 Å². The quantitative estimate of drug-likeness (QED) is 0.839. The third-order valence-electron chi connectivity index (χ3n) is 4.36. The van der Waals surface area contributed by atoms with Crippen molar-refractivity contribution >= 4 is 0 Å². The van der Waals surface area contributed by atoms with Crippen LogP contribution < -0.4 is 0 Å². The summed E-state index contributed by atoms with van der Waals surface area (Å²) in [7, 11) is 0. The van der Waals surface area contributed by atoms with Crippen molar-refractivity contribution in [3.05, 3.63) is 35.4 Å². The molecule has 0 amide bonds. The van der Waals surface area contributed by atoms with Crippen LogP contribution in [0.4, 0.5) is 13.2 Å². The first-order chi connectivity index (χ1) is 9.37. The average Bonchev–Trinajstić information content (AvgIpc) is 2.41. The van der Waals surface area contributed by atoms with E-state index in [4.69, 9.17) is 0 Å². The number of hydrogen-bond acceptors (Lipinski definition) is 1. The summed E-state index contributed by atoms with van der Waals surface area (Å²) in [5.41, 5.74) is -1.98. The van der Waals surface area contributed by atoms with Crippen LogP contribution in [0.2, 0.25) is 0 Å². The molecule has 4 heteroatoms. The van der Waals surface area contributed by atoms with Crippen LogP contribution in [0.5, 0.6) is 0 Å². The number of rotatable bonds is 3. The van der Waals surface area contributed by atoms with Gasteiger partial charge in [-0.2, -0.15) is 13.2 Å². The molecule has 0 radical (unpaired) electrons. The zero-order chi connectivity index (χ0) is 14.8. The van der Waals surface area contributed by atoms with Crippen LogP contribution in [0.15, 0.2) is 24.3 Å². The molecular weight excluding hydrogens is 265 g/mol. The third kappa shape index (κ3) is 3.17. The second-order valence-electron chi connectivity index (χ2n) is 5.81. The minimum atomic E-state index is -4.41. The van der Waals surface area contributed by atoms with Gasteiger partial charge in [-0.3, -0.25) is 0 Å². The highest BCUT2D eigenvalue weighted by molar-refractivity contribution is 5.35. The zero-order valence-electron chi connectivity index (χ0n) is 11.7. The standard InChI is InChI=1S/C16H21F3O/c1-2-5-12-8-10-15(20,11-9-12)13-6-3-4-7-14(13)16(17,18)19/h3-4,6-7,12,20H,2,5,8-11H2,1H3. The molecule has 0 bridgehead atoms. The second-order valence-corrected chi connectivity index (χ2v) is 5.81. The van der Waals surface area contributed by atoms with Gasteiger partial charge in [0.1, 0.15) is 0 Å². The largest absolute Gasteiger partial charge is 0.416 e. The van der Waals surface area contributed by atoms with Crippen LogP contribution in [0.3, 0.4) is 0 Å². The van der Waals surface area contributed by atoms with E-state index < -0.39 is 17.3 Å². The Kier molecular flexibility index (Phi) is 4.43. The molecule has 1 fully saturated rings. The van der Waals surface area contributed by atoms with E-state index in [2.05, 4.69) is 6.92 Å². The van der Waals surface area contributed by atoms with Crippen molar-refractivity contribution in [1.82, 2.24) is 0 Å². The number of halogens is 3. The molecular formula is C16H21F3O. The minimum Gasteiger partial charge on any atom is -0.385 e. The van der Waals surface area contributed by atoms with E-state index in [0.29, 0.717) is 18.8 Å². The molecule has 0 atom stereocenters. The van der Waals surface area contributed by atoms with Crippen LogP contribution in [0, 0.1) is 5.92 Å². The molecule has 2 rings (SSSR count). The maximum absolute atomic E-state index is 13.1. The van der Waals surface area contributed by atoms with E-state index in [0.717, 1.165) is 31.7 Å². The van der Waals surface area contributed by atoms with Crippen molar-refractivity contribution in [2.24, 2.45) is 5.92 Å². The van der Waals surface area contributed by atoms with Crippen molar-refractivity contribution in [3.63, 3.8) is 0 Å². The molecule has 112 valence electrons. The lowest BCUT2D eigenvalue weighted by molar-refractivity contribution is -0.141. The van der Waals surface area contributed by atoms with Crippen LogP contribution in [-0.2, 0) is 11.8 Å². The van der Waals surface area contributed by atoms with Gasteiger partial charge < -0.3 is 5.11 Å². The molecule has 1 aromatic carbocycles. The van der Waals surface area contributed by atoms with Crippen molar-refractivity contribution in [2.75, 3.05) is 0 Å². The van der Waals surface area contributed by atoms with Gasteiger partial charge in [0, 0.05) is 0 Å². The Morgan fingerprint density at radius 1 is 1.20 bits per heavy atom. The lowest BCUT2D eigenvalue weighted by Crippen LogP contribution is -2.33. The first kappa shape index (κ1) is 15.4. The topological polar surface area (TPSA) is 20.2 Å². The molecule has 20 heavy (non-hydrogen) atoms. The van der Waals surface area contributed by atoms with Gasteiger partial charge in [-0.05, 0) is 43.2 Å². The highest BCUT2D eigenvalue weighted by Gasteiger charge is 2.42. The summed E-state index contributed by atoms with van der Waals surface area (Å²) in [4.78, 5) is 0. The molecule has 1 N–H and O–H groups in total. The molecule has 1 aromatic rings. The van der Waals surface area contributed by atoms with Crippen molar-refractivity contribution < 1.29 is 18.3 Å². The van der Waals surface area contributed by atoms with Crippen LogP contribution in [0.25, 0.3) is 0 Å². The van der Waals surface area contributed by atoms with E-state index in [1.165, 1.54) is 12.1 Å². The number of hydrogen-bond donors (Lipinski definition) is 1. The summed E-state index contributed by atoms with van der Waals surface area (Å²) < 4.78 is 39.2. The summed E-state index contributed by atoms with van der Waals surface area (Å²) in [5, 5.41) is 10.7. The molecule has 1 aliphatic carbocycles. The second kappa shape index (κ2) is 5.76. The van der Waals surface area contributed by atoms with Gasteiger partial charge in [0.25, 0.3) is 0 Å². The molecule has 1 nitrogen and oxygen atoms in total. The van der Waals surface area contributed by atoms with Gasteiger partial charge in [-0.25, -0.2) is 0 Å². The van der Waals surface area contributed by atoms with Crippen molar-refractivity contribution in [2.45, 2.75) is 57.2 Å². The summed E-state index contributed by atoms with van der Waals surface area (Å²) in [6.45, 7) is 2.11. The molecule has 0 aromatic heterocycles. The first-order valence-electron chi connectivity index (χ1n) is 7.26. The lowest BCUT2D eigenvalue weighted by atomic mass is 9.73. The SMILES string of the molecule is CCCC1CCC(O)(c2ccccc2C(F)(F)F)CC1. The van der Waals surface area contributed by atoms with Crippen molar-refractivity contribution in [3.8, 4) is 0 Å².